The van der Waals surface area contributed by atoms with E-state index >= 15 is 0 Å². The second-order valence-electron chi connectivity index (χ2n) is 9.38. The lowest BCUT2D eigenvalue weighted by Gasteiger charge is -2.24. The number of hydrogen-bond donors (Lipinski definition) is 3. The molecule has 5 amide bonds. The van der Waals surface area contributed by atoms with E-state index in [9.17, 15) is 28.8 Å². The van der Waals surface area contributed by atoms with Gasteiger partial charge < -0.3 is 20.7 Å². The Morgan fingerprint density at radius 2 is 1.46 bits per heavy atom. The van der Waals surface area contributed by atoms with Gasteiger partial charge in [-0.2, -0.15) is 0 Å². The van der Waals surface area contributed by atoms with Gasteiger partial charge in [0.15, 0.2) is 0 Å². The third-order valence-corrected chi connectivity index (χ3v) is 5.55. The summed E-state index contributed by atoms with van der Waals surface area (Å²) in [5.74, 6) is -3.27. The van der Waals surface area contributed by atoms with Crippen LogP contribution in [0.4, 0.5) is 5.69 Å². The predicted molar refractivity (Wildman–Crippen MR) is 135 cm³/mol. The SMILES string of the molecule is CC(C)C(=O)OCc1ccc(NC(=O)[C@H](C)NC(=O)[C@@H](NC(=O)CCN2C(=O)C=CC2=O)C(C)C)cc1. The molecule has 37 heavy (non-hydrogen) atoms. The Morgan fingerprint density at radius 3 is 2.00 bits per heavy atom. The molecule has 1 aromatic carbocycles. The zero-order chi connectivity index (χ0) is 27.7. The molecule has 0 radical (unpaired) electrons. The predicted octanol–water partition coefficient (Wildman–Crippen LogP) is 1.28. The van der Waals surface area contributed by atoms with E-state index in [2.05, 4.69) is 16.0 Å². The number of benzene rings is 1. The number of carbonyl (C=O) groups is 6. The first-order valence-electron chi connectivity index (χ1n) is 12.1. The summed E-state index contributed by atoms with van der Waals surface area (Å²) in [5.41, 5.74) is 1.26. The van der Waals surface area contributed by atoms with Gasteiger partial charge in [0.2, 0.25) is 17.7 Å². The maximum atomic E-state index is 12.8. The Bertz CT molecular complexity index is 1050. The molecule has 0 unspecified atom stereocenters. The van der Waals surface area contributed by atoms with Crippen molar-refractivity contribution in [1.82, 2.24) is 15.5 Å². The standard InChI is InChI=1S/C26H34N4O7/c1-15(2)23(29-20(31)12-13-30-21(32)10-11-22(30)33)25(35)27-17(5)24(34)28-19-8-6-18(7-9-19)14-37-26(36)16(3)4/h6-11,15-17,23H,12-14H2,1-5H3,(H,27,35)(H,28,34)(H,29,31)/t17-,23-/m0/s1. The van der Waals surface area contributed by atoms with Crippen LogP contribution in [0.25, 0.3) is 0 Å². The van der Waals surface area contributed by atoms with Crippen molar-refractivity contribution in [3.63, 3.8) is 0 Å². The molecule has 1 aliphatic heterocycles. The van der Waals surface area contributed by atoms with Crippen LogP contribution in [0.2, 0.25) is 0 Å². The topological polar surface area (TPSA) is 151 Å². The van der Waals surface area contributed by atoms with Crippen LogP contribution in [-0.4, -0.2) is 59.0 Å². The number of nitrogens with one attached hydrogen (secondary N) is 3. The second-order valence-corrected chi connectivity index (χ2v) is 9.38. The Labute approximate surface area is 216 Å². The van der Waals surface area contributed by atoms with E-state index in [1.807, 2.05) is 0 Å². The van der Waals surface area contributed by atoms with Gasteiger partial charge in [-0.15, -0.1) is 0 Å². The summed E-state index contributed by atoms with van der Waals surface area (Å²) in [5, 5.41) is 7.91. The minimum atomic E-state index is -0.918. The number of ether oxygens (including phenoxy) is 1. The van der Waals surface area contributed by atoms with Crippen molar-refractivity contribution >= 4 is 41.2 Å². The number of hydrogen-bond acceptors (Lipinski definition) is 7. The minimum Gasteiger partial charge on any atom is -0.461 e. The van der Waals surface area contributed by atoms with Gasteiger partial charge in [-0.1, -0.05) is 39.8 Å². The molecule has 0 saturated heterocycles. The van der Waals surface area contributed by atoms with Crippen molar-refractivity contribution in [2.45, 2.75) is 59.7 Å². The van der Waals surface area contributed by atoms with Crippen molar-refractivity contribution in [2.75, 3.05) is 11.9 Å². The van der Waals surface area contributed by atoms with E-state index in [1.165, 1.54) is 6.92 Å². The molecule has 1 aromatic rings. The Hall–Kier alpha value is -4.02. The van der Waals surface area contributed by atoms with Crippen molar-refractivity contribution in [2.24, 2.45) is 11.8 Å². The van der Waals surface area contributed by atoms with Gasteiger partial charge in [0.1, 0.15) is 18.7 Å². The average molecular weight is 515 g/mol. The highest BCUT2D eigenvalue weighted by atomic mass is 16.5. The Balaban J connectivity index is 1.85. The molecule has 0 aliphatic carbocycles. The number of rotatable bonds is 12. The van der Waals surface area contributed by atoms with Gasteiger partial charge in [-0.25, -0.2) is 0 Å². The van der Waals surface area contributed by atoms with Crippen LogP contribution in [-0.2, 0) is 40.1 Å². The van der Waals surface area contributed by atoms with Crippen LogP contribution in [0.15, 0.2) is 36.4 Å². The molecule has 3 N–H and O–H groups in total. The van der Waals surface area contributed by atoms with Crippen molar-refractivity contribution in [3.05, 3.63) is 42.0 Å². The van der Waals surface area contributed by atoms with Crippen LogP contribution in [0.3, 0.4) is 0 Å². The number of esters is 1. The normalized spacial score (nSPS) is 14.5. The van der Waals surface area contributed by atoms with E-state index in [4.69, 9.17) is 4.74 Å². The zero-order valence-corrected chi connectivity index (χ0v) is 21.7. The van der Waals surface area contributed by atoms with Crippen LogP contribution in [0.1, 0.15) is 46.6 Å². The molecule has 2 atom stereocenters. The van der Waals surface area contributed by atoms with Gasteiger partial charge in [0.25, 0.3) is 11.8 Å². The van der Waals surface area contributed by atoms with Gasteiger partial charge >= 0.3 is 5.97 Å². The van der Waals surface area contributed by atoms with Crippen LogP contribution in [0, 0.1) is 11.8 Å². The third kappa shape index (κ3) is 8.85. The molecule has 200 valence electrons. The first-order chi connectivity index (χ1) is 17.4. The van der Waals surface area contributed by atoms with Gasteiger partial charge in [-0.3, -0.25) is 33.7 Å². The smallest absolute Gasteiger partial charge is 0.308 e. The first-order valence-corrected chi connectivity index (χ1v) is 12.1. The largest absolute Gasteiger partial charge is 0.461 e. The summed E-state index contributed by atoms with van der Waals surface area (Å²) >= 11 is 0. The second kappa shape index (κ2) is 13.3. The summed E-state index contributed by atoms with van der Waals surface area (Å²) < 4.78 is 5.17. The lowest BCUT2D eigenvalue weighted by atomic mass is 10.0. The molecule has 1 aliphatic rings. The van der Waals surface area contributed by atoms with Crippen molar-refractivity contribution in [3.8, 4) is 0 Å². The zero-order valence-electron chi connectivity index (χ0n) is 21.7. The summed E-state index contributed by atoms with van der Waals surface area (Å²) in [6.45, 7) is 8.53. The van der Waals surface area contributed by atoms with Gasteiger partial charge in [0.05, 0.1) is 5.92 Å². The average Bonchev–Trinajstić information content (AvgIpc) is 3.16. The highest BCUT2D eigenvalue weighted by Gasteiger charge is 2.28. The lowest BCUT2D eigenvalue weighted by molar-refractivity contribution is -0.148. The summed E-state index contributed by atoms with van der Waals surface area (Å²) in [7, 11) is 0. The van der Waals surface area contributed by atoms with E-state index in [0.717, 1.165) is 22.6 Å². The molecule has 0 fully saturated rings. The molecular formula is C26H34N4O7. The van der Waals surface area contributed by atoms with Crippen molar-refractivity contribution in [1.29, 1.82) is 0 Å². The Kier molecular flexibility index (Phi) is 10.5. The van der Waals surface area contributed by atoms with Crippen molar-refractivity contribution < 1.29 is 33.5 Å². The van der Waals surface area contributed by atoms with E-state index in [-0.39, 0.29) is 37.4 Å². The summed E-state index contributed by atoms with van der Waals surface area (Å²) in [6, 6.07) is 4.94. The third-order valence-electron chi connectivity index (χ3n) is 5.55. The van der Waals surface area contributed by atoms with E-state index in [0.29, 0.717) is 5.69 Å². The summed E-state index contributed by atoms with van der Waals surface area (Å²) in [6.07, 6.45) is 2.12. The van der Waals surface area contributed by atoms with Crippen LogP contribution < -0.4 is 16.0 Å². The molecule has 0 spiro atoms. The number of anilines is 1. The minimum absolute atomic E-state index is 0.0965. The van der Waals surface area contributed by atoms with Crippen LogP contribution in [0.5, 0.6) is 0 Å². The molecule has 0 bridgehead atoms. The quantitative estimate of drug-likeness (QED) is 0.281. The van der Waals surface area contributed by atoms with Crippen LogP contribution >= 0.6 is 0 Å². The molecule has 2 rings (SSSR count). The fourth-order valence-electron chi connectivity index (χ4n) is 3.27. The first kappa shape index (κ1) is 29.2. The fourth-order valence-corrected chi connectivity index (χ4v) is 3.27. The van der Waals surface area contributed by atoms with E-state index < -0.39 is 41.6 Å². The number of imide groups is 1. The maximum absolute atomic E-state index is 12.8. The highest BCUT2D eigenvalue weighted by Crippen LogP contribution is 2.12. The number of carbonyl (C=O) groups excluding carboxylic acids is 6. The molecular weight excluding hydrogens is 480 g/mol. The Morgan fingerprint density at radius 1 is 0.865 bits per heavy atom. The molecule has 11 nitrogen and oxygen atoms in total. The maximum Gasteiger partial charge on any atom is 0.308 e. The van der Waals surface area contributed by atoms with E-state index in [1.54, 1.807) is 52.0 Å². The summed E-state index contributed by atoms with van der Waals surface area (Å²) in [4.78, 5) is 73.5. The molecule has 1 heterocycles. The molecule has 0 saturated carbocycles. The number of nitrogens with zero attached hydrogens (tertiary/aromatic N) is 1. The monoisotopic (exact) mass is 514 g/mol. The highest BCUT2D eigenvalue weighted by molar-refractivity contribution is 6.13. The van der Waals surface area contributed by atoms with Gasteiger partial charge in [-0.05, 0) is 30.5 Å². The number of amides is 5. The fraction of sp³-hybridized carbons (Fsp3) is 0.462. The molecule has 11 heteroatoms. The lowest BCUT2D eigenvalue weighted by Crippen LogP contribution is -2.54. The molecule has 0 aromatic heterocycles. The van der Waals surface area contributed by atoms with Gasteiger partial charge in [0, 0.05) is 30.8 Å².